The lowest BCUT2D eigenvalue weighted by atomic mass is 10.1. The minimum Gasteiger partial charge on any atom is -0.491 e. The largest absolute Gasteiger partial charge is 0.491 e. The molecule has 1 N–H and O–H groups in total. The van der Waals surface area contributed by atoms with Crippen molar-refractivity contribution >= 4 is 5.91 Å². The number of pyridine rings is 1. The third-order valence-corrected chi connectivity index (χ3v) is 4.05. The van der Waals surface area contributed by atoms with Crippen molar-refractivity contribution in [3.05, 3.63) is 64.6 Å². The second-order valence-electron chi connectivity index (χ2n) is 6.80. The first-order valence-electron chi connectivity index (χ1n) is 9.14. The number of hydrogen-bond donors (Lipinski definition) is 1. The van der Waals surface area contributed by atoms with Gasteiger partial charge in [0.1, 0.15) is 5.75 Å². The van der Waals surface area contributed by atoms with Gasteiger partial charge < -0.3 is 14.6 Å². The maximum atomic E-state index is 12.1. The molecule has 1 aromatic heterocycles. The molecule has 2 rings (SSSR count). The van der Waals surface area contributed by atoms with E-state index in [1.54, 1.807) is 22.9 Å². The van der Waals surface area contributed by atoms with E-state index in [1.165, 1.54) is 11.6 Å². The number of aryl methyl sites for hydroxylation is 2. The normalized spacial score (nSPS) is 12.0. The highest BCUT2D eigenvalue weighted by atomic mass is 16.5. The number of hydrogen-bond acceptors (Lipinski definition) is 3. The summed E-state index contributed by atoms with van der Waals surface area (Å²) in [6, 6.07) is 13.2. The number of carbonyl (C=O) groups is 1. The first-order chi connectivity index (χ1) is 12.4. The summed E-state index contributed by atoms with van der Waals surface area (Å²) in [5.41, 5.74) is 1.14. The maximum absolute atomic E-state index is 12.1. The third kappa shape index (κ3) is 6.75. The van der Waals surface area contributed by atoms with Crippen LogP contribution in [0.2, 0.25) is 0 Å². The van der Waals surface area contributed by atoms with Crippen molar-refractivity contribution in [2.75, 3.05) is 0 Å². The molecule has 26 heavy (non-hydrogen) atoms. The van der Waals surface area contributed by atoms with E-state index in [0.29, 0.717) is 13.0 Å². The van der Waals surface area contributed by atoms with Crippen molar-refractivity contribution in [2.24, 2.45) is 0 Å². The van der Waals surface area contributed by atoms with Crippen LogP contribution in [0.1, 0.15) is 39.2 Å². The molecule has 0 saturated heterocycles. The summed E-state index contributed by atoms with van der Waals surface area (Å²) in [5, 5.41) is 3.00. The Labute approximate surface area is 155 Å². The minimum atomic E-state index is -0.0850. The van der Waals surface area contributed by atoms with Crippen LogP contribution in [-0.2, 0) is 17.8 Å². The number of nitrogens with zero attached hydrogens (tertiary/aromatic N) is 1. The molecule has 0 fully saturated rings. The van der Waals surface area contributed by atoms with Crippen LogP contribution >= 0.6 is 0 Å². The molecule has 1 amide bonds. The van der Waals surface area contributed by atoms with E-state index in [1.807, 2.05) is 32.9 Å². The average Bonchev–Trinajstić information content (AvgIpc) is 2.60. The molecule has 140 valence electrons. The molecule has 0 bridgehead atoms. The van der Waals surface area contributed by atoms with Crippen LogP contribution in [0.25, 0.3) is 0 Å². The fourth-order valence-electron chi connectivity index (χ4n) is 2.68. The molecule has 1 atom stereocenters. The van der Waals surface area contributed by atoms with Gasteiger partial charge in [-0.2, -0.15) is 0 Å². The summed E-state index contributed by atoms with van der Waals surface area (Å²) >= 11 is 0. The monoisotopic (exact) mass is 356 g/mol. The summed E-state index contributed by atoms with van der Waals surface area (Å²) in [6.45, 7) is 6.41. The van der Waals surface area contributed by atoms with Gasteiger partial charge in [-0.1, -0.05) is 18.2 Å². The lowest BCUT2D eigenvalue weighted by Crippen LogP contribution is -2.34. The Kier molecular flexibility index (Phi) is 7.45. The van der Waals surface area contributed by atoms with E-state index >= 15 is 0 Å². The van der Waals surface area contributed by atoms with Gasteiger partial charge in [-0.25, -0.2) is 0 Å². The van der Waals surface area contributed by atoms with Crippen molar-refractivity contribution in [2.45, 2.75) is 58.7 Å². The van der Waals surface area contributed by atoms with Crippen LogP contribution < -0.4 is 15.6 Å². The fourth-order valence-corrected chi connectivity index (χ4v) is 2.68. The van der Waals surface area contributed by atoms with Crippen LogP contribution in [0.5, 0.6) is 5.75 Å². The van der Waals surface area contributed by atoms with Gasteiger partial charge in [-0.05, 0) is 57.4 Å². The highest BCUT2D eigenvalue weighted by Crippen LogP contribution is 2.15. The van der Waals surface area contributed by atoms with Gasteiger partial charge in [-0.15, -0.1) is 0 Å². The van der Waals surface area contributed by atoms with Crippen molar-refractivity contribution in [3.8, 4) is 5.75 Å². The van der Waals surface area contributed by atoms with Crippen molar-refractivity contribution < 1.29 is 9.53 Å². The standard InChI is InChI=1S/C21H28N2O3/c1-16(2)26-19-11-9-18(10-12-19)8-7-17(3)22-20(24)13-15-23-14-5-4-6-21(23)25/h4-6,9-12,14,16-17H,7-8,13,15H2,1-3H3,(H,22,24). The molecule has 5 heteroatoms. The smallest absolute Gasteiger partial charge is 0.250 e. The van der Waals surface area contributed by atoms with Crippen LogP contribution in [0.4, 0.5) is 0 Å². The van der Waals surface area contributed by atoms with Crippen molar-refractivity contribution in [1.82, 2.24) is 9.88 Å². The highest BCUT2D eigenvalue weighted by Gasteiger charge is 2.08. The number of aromatic nitrogens is 1. The second-order valence-corrected chi connectivity index (χ2v) is 6.80. The van der Waals surface area contributed by atoms with Gasteiger partial charge in [0, 0.05) is 31.3 Å². The zero-order valence-electron chi connectivity index (χ0n) is 15.8. The zero-order valence-corrected chi connectivity index (χ0v) is 15.8. The topological polar surface area (TPSA) is 60.3 Å². The number of rotatable bonds is 9. The van der Waals surface area contributed by atoms with Crippen molar-refractivity contribution in [1.29, 1.82) is 0 Å². The highest BCUT2D eigenvalue weighted by molar-refractivity contribution is 5.76. The predicted octanol–water partition coefficient (Wildman–Crippen LogP) is 3.16. The van der Waals surface area contributed by atoms with E-state index < -0.39 is 0 Å². The van der Waals surface area contributed by atoms with E-state index in [0.717, 1.165) is 18.6 Å². The Morgan fingerprint density at radius 1 is 1.12 bits per heavy atom. The molecule has 0 saturated carbocycles. The molecule has 1 heterocycles. The first-order valence-corrected chi connectivity index (χ1v) is 9.14. The van der Waals surface area contributed by atoms with E-state index in [-0.39, 0.29) is 23.6 Å². The lowest BCUT2D eigenvalue weighted by molar-refractivity contribution is -0.121. The minimum absolute atomic E-state index is 0.0334. The Hall–Kier alpha value is -2.56. The Morgan fingerprint density at radius 2 is 1.85 bits per heavy atom. The summed E-state index contributed by atoms with van der Waals surface area (Å²) in [6.07, 6.45) is 3.92. The van der Waals surface area contributed by atoms with Crippen LogP contribution in [0, 0.1) is 0 Å². The molecular formula is C21H28N2O3. The average molecular weight is 356 g/mol. The molecule has 1 aromatic carbocycles. The van der Waals surface area contributed by atoms with Crippen LogP contribution in [-0.4, -0.2) is 22.6 Å². The second kappa shape index (κ2) is 9.80. The Morgan fingerprint density at radius 3 is 2.50 bits per heavy atom. The van der Waals surface area contributed by atoms with Gasteiger partial charge in [-0.3, -0.25) is 9.59 Å². The van der Waals surface area contributed by atoms with Gasteiger partial charge in [0.2, 0.25) is 5.91 Å². The molecule has 2 aromatic rings. The predicted molar refractivity (Wildman–Crippen MR) is 103 cm³/mol. The van der Waals surface area contributed by atoms with Gasteiger partial charge in [0.05, 0.1) is 6.10 Å². The number of benzene rings is 1. The summed E-state index contributed by atoms with van der Waals surface area (Å²) in [5.74, 6) is 0.843. The molecule has 1 unspecified atom stereocenters. The van der Waals surface area contributed by atoms with Gasteiger partial charge in [0.25, 0.3) is 5.56 Å². The molecule has 0 aliphatic rings. The first kappa shape index (κ1) is 19.8. The molecular weight excluding hydrogens is 328 g/mol. The summed E-state index contributed by atoms with van der Waals surface area (Å²) in [4.78, 5) is 23.7. The molecule has 0 spiro atoms. The van der Waals surface area contributed by atoms with E-state index in [4.69, 9.17) is 4.74 Å². The number of carbonyl (C=O) groups excluding carboxylic acids is 1. The van der Waals surface area contributed by atoms with Crippen molar-refractivity contribution in [3.63, 3.8) is 0 Å². The molecule has 5 nitrogen and oxygen atoms in total. The summed E-state index contributed by atoms with van der Waals surface area (Å²) < 4.78 is 7.18. The quantitative estimate of drug-likeness (QED) is 0.751. The molecule has 0 radical (unpaired) electrons. The van der Waals surface area contributed by atoms with E-state index in [2.05, 4.69) is 17.4 Å². The lowest BCUT2D eigenvalue weighted by Gasteiger charge is -2.15. The van der Waals surface area contributed by atoms with Gasteiger partial charge in [0.15, 0.2) is 0 Å². The molecule has 0 aliphatic carbocycles. The van der Waals surface area contributed by atoms with Crippen LogP contribution in [0.15, 0.2) is 53.5 Å². The third-order valence-electron chi connectivity index (χ3n) is 4.05. The Bertz CT molecular complexity index is 750. The zero-order chi connectivity index (χ0) is 18.9. The maximum Gasteiger partial charge on any atom is 0.250 e. The number of nitrogens with one attached hydrogen (secondary N) is 1. The van der Waals surface area contributed by atoms with E-state index in [9.17, 15) is 9.59 Å². The molecule has 0 aliphatic heterocycles. The summed E-state index contributed by atoms with van der Waals surface area (Å²) in [7, 11) is 0. The Balaban J connectivity index is 1.72. The number of ether oxygens (including phenoxy) is 1. The fraction of sp³-hybridized carbons (Fsp3) is 0.429. The number of amides is 1. The SMILES string of the molecule is CC(CCc1ccc(OC(C)C)cc1)NC(=O)CCn1ccccc1=O. The van der Waals surface area contributed by atoms with Crippen LogP contribution in [0.3, 0.4) is 0 Å². The van der Waals surface area contributed by atoms with Gasteiger partial charge >= 0.3 is 0 Å².